The Morgan fingerprint density at radius 2 is 1.72 bits per heavy atom. The van der Waals surface area contributed by atoms with Crippen molar-refractivity contribution in [2.45, 2.75) is 70.6 Å². The summed E-state index contributed by atoms with van der Waals surface area (Å²) in [5.74, 6) is -0.0127. The number of carbonyl (C=O) groups excluding carboxylic acids is 1. The number of amides is 1. The zero-order valence-corrected chi connectivity index (χ0v) is 18.9. The van der Waals surface area contributed by atoms with Crippen molar-refractivity contribution in [1.82, 2.24) is 0 Å². The van der Waals surface area contributed by atoms with Gasteiger partial charge in [0.1, 0.15) is 0 Å². The molecule has 29 heavy (non-hydrogen) atoms. The lowest BCUT2D eigenvalue weighted by Crippen LogP contribution is -3.09. The van der Waals surface area contributed by atoms with Crippen LogP contribution in [0.2, 0.25) is 5.02 Å². The second-order valence-corrected chi connectivity index (χ2v) is 10.2. The van der Waals surface area contributed by atoms with Crippen LogP contribution in [0.15, 0.2) is 48.5 Å². The van der Waals surface area contributed by atoms with Crippen LogP contribution in [0.25, 0.3) is 0 Å². The summed E-state index contributed by atoms with van der Waals surface area (Å²) >= 11 is 6.25. The van der Waals surface area contributed by atoms with Gasteiger partial charge in [0.05, 0.1) is 30.0 Å². The third-order valence-electron chi connectivity index (χ3n) is 5.70. The van der Waals surface area contributed by atoms with Gasteiger partial charge in [0.2, 0.25) is 0 Å². The zero-order chi connectivity index (χ0) is 21.2. The van der Waals surface area contributed by atoms with Crippen molar-refractivity contribution >= 4 is 23.2 Å². The minimum Gasteiger partial charge on any atom is -0.337 e. The van der Waals surface area contributed by atoms with Crippen LogP contribution in [0, 0.1) is 6.92 Å². The molecule has 0 unspecified atom stereocenters. The van der Waals surface area contributed by atoms with Crippen molar-refractivity contribution < 1.29 is 15.4 Å². The lowest BCUT2D eigenvalue weighted by molar-refractivity contribution is -0.818. The molecular weight excluding hydrogens is 382 g/mol. The molecule has 0 bridgehead atoms. The molecule has 3 rings (SSSR count). The quantitative estimate of drug-likeness (QED) is 0.690. The van der Waals surface area contributed by atoms with Crippen molar-refractivity contribution in [3.8, 4) is 0 Å². The van der Waals surface area contributed by atoms with Gasteiger partial charge in [-0.3, -0.25) is 4.79 Å². The number of benzene rings is 2. The van der Waals surface area contributed by atoms with Crippen LogP contribution in [0.4, 0.5) is 5.69 Å². The molecule has 1 amide bonds. The van der Waals surface area contributed by atoms with Gasteiger partial charge in [-0.15, -0.1) is 0 Å². The molecule has 0 radical (unpaired) electrons. The van der Waals surface area contributed by atoms with E-state index in [0.29, 0.717) is 11.1 Å². The lowest BCUT2D eigenvalue weighted by Gasteiger charge is -2.42. The number of hydrogen-bond acceptors (Lipinski definition) is 1. The van der Waals surface area contributed by atoms with E-state index in [1.165, 1.54) is 0 Å². The fourth-order valence-corrected chi connectivity index (χ4v) is 5.09. The first-order valence-corrected chi connectivity index (χ1v) is 10.8. The number of aryl methyl sites for hydroxylation is 1. The molecular formula is C24H34ClN3O+2. The van der Waals surface area contributed by atoms with E-state index in [4.69, 9.17) is 11.6 Å². The average Bonchev–Trinajstić information content (AvgIpc) is 2.61. The highest BCUT2D eigenvalue weighted by Gasteiger charge is 2.45. The van der Waals surface area contributed by atoms with E-state index in [-0.39, 0.29) is 23.0 Å². The van der Waals surface area contributed by atoms with E-state index < -0.39 is 0 Å². The maximum Gasteiger partial charge on any atom is 0.287 e. The standard InChI is InChI=1S/C24H32ClN3O/c1-16-11-12-18(13-20(16)25)27-22(29)21(17-9-7-6-8-10-17)26-19-14-23(2,3)28-24(4,5)15-19/h6-13,19,21,26,28H,14-15H2,1-5H3,(H,27,29)/p+2/t21-/m1/s1. The summed E-state index contributed by atoms with van der Waals surface area (Å²) in [6.45, 7) is 11.1. The van der Waals surface area contributed by atoms with Gasteiger partial charge in [-0.2, -0.15) is 0 Å². The highest BCUT2D eigenvalue weighted by atomic mass is 35.5. The van der Waals surface area contributed by atoms with Crippen molar-refractivity contribution in [3.05, 3.63) is 64.7 Å². The van der Waals surface area contributed by atoms with E-state index in [1.54, 1.807) is 0 Å². The van der Waals surface area contributed by atoms with Gasteiger partial charge in [0.15, 0.2) is 6.04 Å². The molecule has 156 valence electrons. The molecule has 4 nitrogen and oxygen atoms in total. The fraction of sp³-hybridized carbons (Fsp3) is 0.458. The van der Waals surface area contributed by atoms with E-state index >= 15 is 0 Å². The molecule has 0 aliphatic carbocycles. The molecule has 0 spiro atoms. The zero-order valence-electron chi connectivity index (χ0n) is 18.1. The molecule has 1 saturated heterocycles. The van der Waals surface area contributed by atoms with Crippen LogP contribution < -0.4 is 16.0 Å². The highest BCUT2D eigenvalue weighted by Crippen LogP contribution is 2.23. The molecule has 1 aliphatic rings. The first-order chi connectivity index (χ1) is 13.5. The number of hydrogen-bond donors (Lipinski definition) is 3. The molecule has 2 aromatic rings. The molecule has 1 atom stereocenters. The van der Waals surface area contributed by atoms with Gasteiger partial charge in [-0.05, 0) is 52.3 Å². The molecule has 1 fully saturated rings. The van der Waals surface area contributed by atoms with Gasteiger partial charge < -0.3 is 16.0 Å². The summed E-state index contributed by atoms with van der Waals surface area (Å²) in [6, 6.07) is 15.8. The number of anilines is 1. The molecule has 0 aromatic heterocycles. The van der Waals surface area contributed by atoms with E-state index in [9.17, 15) is 4.79 Å². The molecule has 0 saturated carbocycles. The van der Waals surface area contributed by atoms with Crippen LogP contribution in [-0.4, -0.2) is 23.0 Å². The second kappa shape index (κ2) is 8.47. The first kappa shape index (κ1) is 21.8. The number of rotatable bonds is 5. The summed E-state index contributed by atoms with van der Waals surface area (Å²) in [5.41, 5.74) is 3.07. The molecule has 2 aromatic carbocycles. The van der Waals surface area contributed by atoms with Crippen LogP contribution in [0.3, 0.4) is 0 Å². The van der Waals surface area contributed by atoms with Gasteiger partial charge in [0, 0.05) is 16.3 Å². The Morgan fingerprint density at radius 3 is 2.31 bits per heavy atom. The predicted octanol–water partition coefficient (Wildman–Crippen LogP) is 3.17. The predicted molar refractivity (Wildman–Crippen MR) is 119 cm³/mol. The Kier molecular flexibility index (Phi) is 6.37. The summed E-state index contributed by atoms with van der Waals surface area (Å²) in [5, 5.41) is 8.47. The molecule has 1 heterocycles. The topological polar surface area (TPSA) is 62.3 Å². The summed E-state index contributed by atoms with van der Waals surface area (Å²) < 4.78 is 0. The Labute approximate surface area is 179 Å². The third kappa shape index (κ3) is 5.81. The number of piperidine rings is 1. The van der Waals surface area contributed by atoms with Crippen LogP contribution in [0.5, 0.6) is 0 Å². The highest BCUT2D eigenvalue weighted by molar-refractivity contribution is 6.31. The smallest absolute Gasteiger partial charge is 0.287 e. The Hall–Kier alpha value is -1.88. The average molecular weight is 416 g/mol. The van der Waals surface area contributed by atoms with Crippen LogP contribution >= 0.6 is 11.6 Å². The first-order valence-electron chi connectivity index (χ1n) is 10.4. The van der Waals surface area contributed by atoms with E-state index in [0.717, 1.165) is 29.7 Å². The maximum absolute atomic E-state index is 13.3. The van der Waals surface area contributed by atoms with Gasteiger partial charge >= 0.3 is 0 Å². The van der Waals surface area contributed by atoms with Gasteiger partial charge in [0.25, 0.3) is 5.91 Å². The fourth-order valence-electron chi connectivity index (χ4n) is 4.91. The van der Waals surface area contributed by atoms with Crippen molar-refractivity contribution in [3.63, 3.8) is 0 Å². The van der Waals surface area contributed by atoms with E-state index in [2.05, 4.69) is 43.6 Å². The SMILES string of the molecule is Cc1ccc(NC(=O)[C@H]([NH2+]C2CC(C)(C)[NH2+]C(C)(C)C2)c2ccccc2)cc1Cl. The summed E-state index contributed by atoms with van der Waals surface area (Å²) in [4.78, 5) is 13.3. The number of carbonyl (C=O) groups is 1. The molecule has 5 heteroatoms. The number of halogens is 1. The van der Waals surface area contributed by atoms with Crippen molar-refractivity contribution in [2.24, 2.45) is 0 Å². The largest absolute Gasteiger partial charge is 0.337 e. The van der Waals surface area contributed by atoms with Crippen molar-refractivity contribution in [2.75, 3.05) is 5.32 Å². The number of nitrogens with two attached hydrogens (primary N) is 2. The van der Waals surface area contributed by atoms with Crippen LogP contribution in [-0.2, 0) is 4.79 Å². The Bertz CT molecular complexity index is 848. The minimum atomic E-state index is -0.300. The third-order valence-corrected chi connectivity index (χ3v) is 6.11. The number of nitrogens with one attached hydrogen (secondary N) is 1. The van der Waals surface area contributed by atoms with Gasteiger partial charge in [-0.25, -0.2) is 0 Å². The summed E-state index contributed by atoms with van der Waals surface area (Å²) in [7, 11) is 0. The van der Waals surface area contributed by atoms with E-state index in [1.807, 2.05) is 55.5 Å². The molecule has 1 aliphatic heterocycles. The number of quaternary nitrogens is 2. The Balaban J connectivity index is 1.83. The lowest BCUT2D eigenvalue weighted by atomic mass is 9.79. The summed E-state index contributed by atoms with van der Waals surface area (Å²) in [6.07, 6.45) is 2.12. The van der Waals surface area contributed by atoms with Gasteiger partial charge in [-0.1, -0.05) is 48.0 Å². The monoisotopic (exact) mass is 415 g/mol. The Morgan fingerprint density at radius 1 is 1.10 bits per heavy atom. The normalized spacial score (nSPS) is 19.5. The molecule has 5 N–H and O–H groups in total. The van der Waals surface area contributed by atoms with Crippen LogP contribution in [0.1, 0.15) is 57.7 Å². The maximum atomic E-state index is 13.3. The second-order valence-electron chi connectivity index (χ2n) is 9.82. The minimum absolute atomic E-state index is 0.0127. The van der Waals surface area contributed by atoms with Crippen molar-refractivity contribution in [1.29, 1.82) is 0 Å².